The number of rotatable bonds is 6. The zero-order valence-corrected chi connectivity index (χ0v) is 22.6. The van der Waals surface area contributed by atoms with Crippen LogP contribution in [0.25, 0.3) is 21.0 Å². The zero-order valence-electron chi connectivity index (χ0n) is 21.8. The Bertz CT molecular complexity index is 1340. The largest absolute Gasteiger partial charge is 0.490 e. The van der Waals surface area contributed by atoms with Crippen molar-refractivity contribution in [1.29, 1.82) is 5.26 Å². The zero-order chi connectivity index (χ0) is 26.1. The van der Waals surface area contributed by atoms with E-state index in [2.05, 4.69) is 53.6 Å². The number of likely N-dealkylation sites (N-methyl/N-ethyl adjacent to an activating group) is 1. The molecule has 8 heteroatoms. The number of carbonyl (C=O) groups excluding carboxylic acids is 1. The molecule has 1 aliphatic heterocycles. The molecule has 0 spiro atoms. The van der Waals surface area contributed by atoms with Crippen molar-refractivity contribution >= 4 is 17.4 Å². The Hall–Kier alpha value is -3.41. The molecular formula is C29H33N5O2S. The fourth-order valence-corrected chi connectivity index (χ4v) is 6.23. The predicted molar refractivity (Wildman–Crippen MR) is 147 cm³/mol. The maximum absolute atomic E-state index is 13.0. The normalized spacial score (nSPS) is 18.8. The molecule has 2 atom stereocenters. The number of hydrogen-bond donors (Lipinski definition) is 1. The second-order valence-electron chi connectivity index (χ2n) is 10.3. The van der Waals surface area contributed by atoms with Crippen molar-refractivity contribution < 1.29 is 9.53 Å². The molecule has 192 valence electrons. The van der Waals surface area contributed by atoms with E-state index >= 15 is 0 Å². The Morgan fingerprint density at radius 1 is 1.27 bits per heavy atom. The average Bonchev–Trinajstić information content (AvgIpc) is 3.64. The van der Waals surface area contributed by atoms with Gasteiger partial charge in [0.05, 0.1) is 22.6 Å². The first kappa shape index (κ1) is 25.2. The fourth-order valence-electron chi connectivity index (χ4n) is 5.26. The van der Waals surface area contributed by atoms with Crippen LogP contribution in [0.15, 0.2) is 42.6 Å². The number of carbonyl (C=O) groups is 1. The van der Waals surface area contributed by atoms with Gasteiger partial charge in [0.15, 0.2) is 0 Å². The number of urea groups is 1. The molecule has 0 saturated carbocycles. The number of hydrogen-bond acceptors (Lipinski definition) is 6. The van der Waals surface area contributed by atoms with E-state index in [-0.39, 0.29) is 18.2 Å². The first-order valence-electron chi connectivity index (χ1n) is 12.8. The van der Waals surface area contributed by atoms with Crippen molar-refractivity contribution in [2.24, 2.45) is 0 Å². The molecule has 37 heavy (non-hydrogen) atoms. The summed E-state index contributed by atoms with van der Waals surface area (Å²) in [5, 5.41) is 13.8. The van der Waals surface area contributed by atoms with E-state index in [1.165, 1.54) is 16.7 Å². The Labute approximate surface area is 222 Å². The van der Waals surface area contributed by atoms with Crippen LogP contribution in [0.4, 0.5) is 4.79 Å². The maximum Gasteiger partial charge on any atom is 0.317 e. The summed E-state index contributed by atoms with van der Waals surface area (Å²) in [6, 6.07) is 14.7. The Balaban J connectivity index is 1.34. The standard InChI is InChI=1S/C29H33N5O2S/c1-18(2)36-26-11-8-19(14-20(26)15-30)28-31-16-27(37-28)24-7-5-6-23-22(24)9-10-25(23)32-29(35)34-13-12-21(17-34)33(3)4/h5-8,11,14,16,18,21,25H,9-10,12-13,17H2,1-4H3,(H,32,35)/t21-,25-/m1/s1. The van der Waals surface area contributed by atoms with Crippen LogP contribution in [0.1, 0.15) is 49.4 Å². The number of thiazole rings is 1. The van der Waals surface area contributed by atoms with Gasteiger partial charge in [-0.1, -0.05) is 18.2 Å². The van der Waals surface area contributed by atoms with Crippen molar-refractivity contribution in [3.8, 4) is 32.8 Å². The first-order valence-corrected chi connectivity index (χ1v) is 13.7. The minimum absolute atomic E-state index is 0.00325. The summed E-state index contributed by atoms with van der Waals surface area (Å²) < 4.78 is 5.76. The van der Waals surface area contributed by atoms with Crippen LogP contribution in [0.5, 0.6) is 5.75 Å². The van der Waals surface area contributed by atoms with Crippen molar-refractivity contribution in [2.45, 2.75) is 51.3 Å². The average molecular weight is 516 g/mol. The topological polar surface area (TPSA) is 81.5 Å². The van der Waals surface area contributed by atoms with Crippen molar-refractivity contribution in [3.63, 3.8) is 0 Å². The Morgan fingerprint density at radius 3 is 2.84 bits per heavy atom. The number of nitrogens with zero attached hydrogens (tertiary/aromatic N) is 4. The number of fused-ring (bicyclic) bond motifs is 1. The Morgan fingerprint density at radius 2 is 2.11 bits per heavy atom. The molecule has 3 aromatic rings. The molecule has 2 heterocycles. The number of amides is 2. The molecule has 2 amide bonds. The van der Waals surface area contributed by atoms with Gasteiger partial charge in [0.25, 0.3) is 0 Å². The van der Waals surface area contributed by atoms with Gasteiger partial charge >= 0.3 is 6.03 Å². The van der Waals surface area contributed by atoms with Crippen LogP contribution in [0.2, 0.25) is 0 Å². The number of aromatic nitrogens is 1. The van der Waals surface area contributed by atoms with Crippen LogP contribution < -0.4 is 10.1 Å². The van der Waals surface area contributed by atoms with Gasteiger partial charge in [-0.3, -0.25) is 0 Å². The minimum Gasteiger partial charge on any atom is -0.490 e. The van der Waals surface area contributed by atoms with Crippen LogP contribution in [0.3, 0.4) is 0 Å². The van der Waals surface area contributed by atoms with E-state index in [4.69, 9.17) is 4.74 Å². The number of ether oxygens (including phenoxy) is 1. The lowest BCUT2D eigenvalue weighted by atomic mass is 10.0. The molecule has 1 aromatic heterocycles. The first-order chi connectivity index (χ1) is 17.8. The van der Waals surface area contributed by atoms with Crippen molar-refractivity contribution in [2.75, 3.05) is 27.2 Å². The van der Waals surface area contributed by atoms with Crippen LogP contribution in [0, 0.1) is 11.3 Å². The summed E-state index contributed by atoms with van der Waals surface area (Å²) in [5.74, 6) is 0.596. The molecule has 2 aliphatic rings. The molecule has 1 fully saturated rings. The molecule has 1 N–H and O–H groups in total. The van der Waals surface area contributed by atoms with Gasteiger partial charge in [0, 0.05) is 30.9 Å². The van der Waals surface area contributed by atoms with E-state index < -0.39 is 0 Å². The highest BCUT2D eigenvalue weighted by atomic mass is 32.1. The summed E-state index contributed by atoms with van der Waals surface area (Å²) in [4.78, 5) is 22.9. The summed E-state index contributed by atoms with van der Waals surface area (Å²) in [5.41, 5.74) is 5.08. The van der Waals surface area contributed by atoms with E-state index in [0.717, 1.165) is 47.8 Å². The summed E-state index contributed by atoms with van der Waals surface area (Å²) in [6.45, 7) is 5.48. The number of nitriles is 1. The molecule has 0 bridgehead atoms. The van der Waals surface area contributed by atoms with Gasteiger partial charge in [-0.15, -0.1) is 11.3 Å². The quantitative estimate of drug-likeness (QED) is 0.471. The van der Waals surface area contributed by atoms with E-state index in [9.17, 15) is 10.1 Å². The number of likely N-dealkylation sites (tertiary alicyclic amines) is 1. The van der Waals surface area contributed by atoms with E-state index in [0.29, 0.717) is 17.4 Å². The number of benzene rings is 2. The van der Waals surface area contributed by atoms with Gasteiger partial charge in [0.2, 0.25) is 0 Å². The lowest BCUT2D eigenvalue weighted by molar-refractivity contribution is 0.199. The molecule has 5 rings (SSSR count). The summed E-state index contributed by atoms with van der Waals surface area (Å²) in [6.07, 6.45) is 4.76. The smallest absolute Gasteiger partial charge is 0.317 e. The lowest BCUT2D eigenvalue weighted by Crippen LogP contribution is -2.41. The fraction of sp³-hybridized carbons (Fsp3) is 0.414. The molecule has 0 radical (unpaired) electrons. The van der Waals surface area contributed by atoms with Crippen LogP contribution >= 0.6 is 11.3 Å². The van der Waals surface area contributed by atoms with Gasteiger partial charge in [0.1, 0.15) is 16.8 Å². The SMILES string of the molecule is CC(C)Oc1ccc(-c2ncc(-c3cccc4c3CC[C@H]4NC(=O)N3CC[C@@H](N(C)C)C3)s2)cc1C#N. The highest BCUT2D eigenvalue weighted by Gasteiger charge is 2.31. The van der Waals surface area contributed by atoms with Gasteiger partial charge in [-0.2, -0.15) is 5.26 Å². The minimum atomic E-state index is 0.00325. The van der Waals surface area contributed by atoms with E-state index in [1.807, 2.05) is 43.1 Å². The predicted octanol–water partition coefficient (Wildman–Crippen LogP) is 5.47. The second-order valence-corrected chi connectivity index (χ2v) is 11.3. The van der Waals surface area contributed by atoms with Crippen molar-refractivity contribution in [3.05, 3.63) is 59.3 Å². The summed E-state index contributed by atoms with van der Waals surface area (Å²) >= 11 is 1.62. The van der Waals surface area contributed by atoms with Gasteiger partial charge in [-0.05, 0) is 82.1 Å². The number of nitrogens with one attached hydrogen (secondary N) is 1. The highest BCUT2D eigenvalue weighted by Crippen LogP contribution is 2.41. The Kier molecular flexibility index (Phi) is 7.18. The molecule has 2 aromatic carbocycles. The maximum atomic E-state index is 13.0. The third kappa shape index (κ3) is 5.20. The molecule has 1 aliphatic carbocycles. The highest BCUT2D eigenvalue weighted by molar-refractivity contribution is 7.18. The second kappa shape index (κ2) is 10.5. The van der Waals surface area contributed by atoms with Crippen molar-refractivity contribution in [1.82, 2.24) is 20.1 Å². The third-order valence-corrected chi connectivity index (χ3v) is 8.31. The van der Waals surface area contributed by atoms with E-state index in [1.54, 1.807) is 11.3 Å². The molecule has 7 nitrogen and oxygen atoms in total. The van der Waals surface area contributed by atoms with Gasteiger partial charge in [-0.25, -0.2) is 9.78 Å². The van der Waals surface area contributed by atoms with Gasteiger partial charge < -0.3 is 19.9 Å². The monoisotopic (exact) mass is 515 g/mol. The summed E-state index contributed by atoms with van der Waals surface area (Å²) in [7, 11) is 4.15. The lowest BCUT2D eigenvalue weighted by Gasteiger charge is -2.23. The molecule has 0 unspecified atom stereocenters. The van der Waals surface area contributed by atoms with Crippen LogP contribution in [-0.4, -0.2) is 60.1 Å². The molecular weight excluding hydrogens is 482 g/mol. The van der Waals surface area contributed by atoms with Crippen LogP contribution in [-0.2, 0) is 6.42 Å². The molecule has 1 saturated heterocycles. The third-order valence-electron chi connectivity index (χ3n) is 7.23.